The standard InChI is InChI=1S/C11H15N3O4/c1-7(11(15)18-2)6-13-10-8(12)4-3-5-9(10)14(16)17/h3-5,7,13H,6,12H2,1-2H3. The van der Waals surface area contributed by atoms with Crippen LogP contribution in [0.1, 0.15) is 6.92 Å². The third-order valence-electron chi connectivity index (χ3n) is 2.46. The van der Waals surface area contributed by atoms with Crippen molar-refractivity contribution >= 4 is 23.0 Å². The second-order valence-electron chi connectivity index (χ2n) is 3.80. The first-order chi connectivity index (χ1) is 8.47. The van der Waals surface area contributed by atoms with Crippen LogP contribution in [0.3, 0.4) is 0 Å². The topological polar surface area (TPSA) is 107 Å². The van der Waals surface area contributed by atoms with E-state index in [1.54, 1.807) is 13.0 Å². The number of ether oxygens (including phenoxy) is 1. The molecule has 1 rings (SSSR count). The summed E-state index contributed by atoms with van der Waals surface area (Å²) in [4.78, 5) is 21.5. The zero-order valence-corrected chi connectivity index (χ0v) is 10.2. The van der Waals surface area contributed by atoms with E-state index in [-0.39, 0.29) is 29.6 Å². The van der Waals surface area contributed by atoms with Gasteiger partial charge in [0.15, 0.2) is 0 Å². The van der Waals surface area contributed by atoms with Crippen molar-refractivity contribution in [2.45, 2.75) is 6.92 Å². The Morgan fingerprint density at radius 1 is 1.61 bits per heavy atom. The number of para-hydroxylation sites is 1. The van der Waals surface area contributed by atoms with E-state index in [1.165, 1.54) is 19.2 Å². The third kappa shape index (κ3) is 3.09. The first kappa shape index (κ1) is 13.8. The number of nitrogens with zero attached hydrogens (tertiary/aromatic N) is 1. The molecule has 0 saturated heterocycles. The van der Waals surface area contributed by atoms with Gasteiger partial charge in [-0.05, 0) is 6.07 Å². The minimum atomic E-state index is -0.526. The number of anilines is 2. The summed E-state index contributed by atoms with van der Waals surface area (Å²) >= 11 is 0. The number of hydrogen-bond donors (Lipinski definition) is 2. The van der Waals surface area contributed by atoms with Crippen molar-refractivity contribution in [1.29, 1.82) is 0 Å². The van der Waals surface area contributed by atoms with Crippen molar-refractivity contribution < 1.29 is 14.5 Å². The highest BCUT2D eigenvalue weighted by Crippen LogP contribution is 2.30. The average Bonchev–Trinajstić information content (AvgIpc) is 2.35. The summed E-state index contributed by atoms with van der Waals surface area (Å²) < 4.78 is 4.56. The number of esters is 1. The van der Waals surface area contributed by atoms with Crippen LogP contribution in [0.4, 0.5) is 17.1 Å². The van der Waals surface area contributed by atoms with Gasteiger partial charge >= 0.3 is 5.97 Å². The van der Waals surface area contributed by atoms with E-state index in [0.29, 0.717) is 0 Å². The fraction of sp³-hybridized carbons (Fsp3) is 0.364. The van der Waals surface area contributed by atoms with Crippen molar-refractivity contribution in [3.63, 3.8) is 0 Å². The minimum absolute atomic E-state index is 0.118. The Morgan fingerprint density at radius 2 is 2.28 bits per heavy atom. The Kier molecular flexibility index (Phi) is 4.47. The zero-order valence-electron chi connectivity index (χ0n) is 10.2. The molecule has 98 valence electrons. The lowest BCUT2D eigenvalue weighted by atomic mass is 10.1. The molecule has 0 aromatic heterocycles. The summed E-state index contributed by atoms with van der Waals surface area (Å²) in [6.07, 6.45) is 0. The number of nitro groups is 1. The zero-order chi connectivity index (χ0) is 13.7. The molecule has 0 bridgehead atoms. The predicted molar refractivity (Wildman–Crippen MR) is 67.2 cm³/mol. The second kappa shape index (κ2) is 5.85. The number of carbonyl (C=O) groups excluding carboxylic acids is 1. The van der Waals surface area contributed by atoms with Crippen LogP contribution in [-0.2, 0) is 9.53 Å². The van der Waals surface area contributed by atoms with Crippen LogP contribution in [0.5, 0.6) is 0 Å². The maximum atomic E-state index is 11.2. The van der Waals surface area contributed by atoms with Crippen LogP contribution in [0, 0.1) is 16.0 Å². The molecule has 7 nitrogen and oxygen atoms in total. The summed E-state index contributed by atoms with van der Waals surface area (Å²) in [5, 5.41) is 13.6. The molecular formula is C11H15N3O4. The molecule has 0 aliphatic heterocycles. The van der Waals surface area contributed by atoms with E-state index in [1.807, 2.05) is 0 Å². The smallest absolute Gasteiger partial charge is 0.310 e. The fourth-order valence-electron chi connectivity index (χ4n) is 1.44. The molecule has 0 heterocycles. The molecule has 0 fully saturated rings. The molecule has 0 aliphatic carbocycles. The lowest BCUT2D eigenvalue weighted by molar-refractivity contribution is -0.383. The first-order valence-electron chi connectivity index (χ1n) is 5.32. The highest BCUT2D eigenvalue weighted by molar-refractivity contribution is 5.78. The molecule has 18 heavy (non-hydrogen) atoms. The number of nitro benzene ring substituents is 1. The number of rotatable bonds is 5. The van der Waals surface area contributed by atoms with E-state index in [2.05, 4.69) is 10.1 Å². The molecule has 7 heteroatoms. The number of carbonyl (C=O) groups is 1. The average molecular weight is 253 g/mol. The van der Waals surface area contributed by atoms with Gasteiger partial charge in [-0.3, -0.25) is 14.9 Å². The van der Waals surface area contributed by atoms with E-state index in [4.69, 9.17) is 5.73 Å². The molecule has 1 unspecified atom stereocenters. The van der Waals surface area contributed by atoms with Crippen molar-refractivity contribution in [3.05, 3.63) is 28.3 Å². The minimum Gasteiger partial charge on any atom is -0.469 e. The lowest BCUT2D eigenvalue weighted by Crippen LogP contribution is -2.22. The molecular weight excluding hydrogens is 238 g/mol. The Bertz CT molecular complexity index is 462. The van der Waals surface area contributed by atoms with Gasteiger partial charge in [-0.25, -0.2) is 0 Å². The van der Waals surface area contributed by atoms with Gasteiger partial charge in [0.25, 0.3) is 5.69 Å². The molecule has 1 atom stereocenters. The van der Waals surface area contributed by atoms with E-state index >= 15 is 0 Å². The molecule has 0 radical (unpaired) electrons. The van der Waals surface area contributed by atoms with Gasteiger partial charge in [-0.15, -0.1) is 0 Å². The summed E-state index contributed by atoms with van der Waals surface area (Å²) in [7, 11) is 1.29. The molecule has 3 N–H and O–H groups in total. The van der Waals surface area contributed by atoms with Gasteiger partial charge in [0.2, 0.25) is 0 Å². The number of nitrogens with two attached hydrogens (primary N) is 1. The Balaban J connectivity index is 2.84. The van der Waals surface area contributed by atoms with Gasteiger partial charge in [-0.1, -0.05) is 13.0 Å². The van der Waals surface area contributed by atoms with Crippen LogP contribution in [0.25, 0.3) is 0 Å². The van der Waals surface area contributed by atoms with Crippen LogP contribution in [-0.4, -0.2) is 24.5 Å². The maximum absolute atomic E-state index is 11.2. The molecule has 1 aromatic rings. The monoisotopic (exact) mass is 253 g/mol. The Morgan fingerprint density at radius 3 is 2.83 bits per heavy atom. The van der Waals surface area contributed by atoms with Crippen LogP contribution in [0.15, 0.2) is 18.2 Å². The predicted octanol–water partition coefficient (Wildman–Crippen LogP) is 1.40. The fourth-order valence-corrected chi connectivity index (χ4v) is 1.44. The lowest BCUT2D eigenvalue weighted by Gasteiger charge is -2.13. The van der Waals surface area contributed by atoms with Crippen molar-refractivity contribution in [2.75, 3.05) is 24.7 Å². The number of nitrogen functional groups attached to an aromatic ring is 1. The normalized spacial score (nSPS) is 11.7. The van der Waals surface area contributed by atoms with Gasteiger partial charge in [-0.2, -0.15) is 0 Å². The summed E-state index contributed by atoms with van der Waals surface area (Å²) in [6, 6.07) is 4.40. The maximum Gasteiger partial charge on any atom is 0.310 e. The van der Waals surface area contributed by atoms with Gasteiger partial charge in [0.1, 0.15) is 5.69 Å². The number of hydrogen-bond acceptors (Lipinski definition) is 6. The summed E-state index contributed by atoms with van der Waals surface area (Å²) in [5.74, 6) is -0.811. The quantitative estimate of drug-likeness (QED) is 0.355. The molecule has 0 amide bonds. The summed E-state index contributed by atoms with van der Waals surface area (Å²) in [6.45, 7) is 1.87. The largest absolute Gasteiger partial charge is 0.469 e. The van der Waals surface area contributed by atoms with Crippen molar-refractivity contribution in [3.8, 4) is 0 Å². The Labute approximate surface area is 104 Å². The molecule has 0 saturated carbocycles. The van der Waals surface area contributed by atoms with Gasteiger partial charge in [0.05, 0.1) is 23.6 Å². The molecule has 0 aliphatic rings. The van der Waals surface area contributed by atoms with Crippen molar-refractivity contribution in [2.24, 2.45) is 5.92 Å². The SMILES string of the molecule is COC(=O)C(C)CNc1c(N)cccc1[N+](=O)[O-]. The molecule has 1 aromatic carbocycles. The molecule has 0 spiro atoms. The number of benzene rings is 1. The van der Waals surface area contributed by atoms with E-state index in [9.17, 15) is 14.9 Å². The van der Waals surface area contributed by atoms with E-state index < -0.39 is 10.8 Å². The highest BCUT2D eigenvalue weighted by atomic mass is 16.6. The van der Waals surface area contributed by atoms with Gasteiger partial charge < -0.3 is 15.8 Å². The first-order valence-corrected chi connectivity index (χ1v) is 5.32. The number of methoxy groups -OCH3 is 1. The van der Waals surface area contributed by atoms with Crippen LogP contribution >= 0.6 is 0 Å². The highest BCUT2D eigenvalue weighted by Gasteiger charge is 2.18. The summed E-state index contributed by atoms with van der Waals surface area (Å²) in [5.41, 5.74) is 6.04. The van der Waals surface area contributed by atoms with Crippen LogP contribution in [0.2, 0.25) is 0 Å². The van der Waals surface area contributed by atoms with E-state index in [0.717, 1.165) is 0 Å². The Hall–Kier alpha value is -2.31. The van der Waals surface area contributed by atoms with Crippen molar-refractivity contribution in [1.82, 2.24) is 0 Å². The second-order valence-corrected chi connectivity index (χ2v) is 3.80. The third-order valence-corrected chi connectivity index (χ3v) is 2.46. The van der Waals surface area contributed by atoms with Crippen LogP contribution < -0.4 is 11.1 Å². The number of nitrogens with one attached hydrogen (secondary N) is 1. The van der Waals surface area contributed by atoms with Gasteiger partial charge in [0, 0.05) is 12.6 Å².